The van der Waals surface area contributed by atoms with Crippen LogP contribution in [0.15, 0.2) is 17.1 Å². The lowest BCUT2D eigenvalue weighted by atomic mass is 10.1. The van der Waals surface area contributed by atoms with Crippen molar-refractivity contribution in [3.05, 3.63) is 17.7 Å². The maximum absolute atomic E-state index is 12.7. The number of rotatable bonds is 4. The van der Waals surface area contributed by atoms with Gasteiger partial charge < -0.3 is 14.4 Å². The molecule has 6 heteroatoms. The first kappa shape index (κ1) is 15.2. The standard InChI is InChI=1S/C16H20N2O3S/c1-10(22)9-21-15-7-13-12(6-14(15)20-2)16(19)18-5-3-4-11(18)8-17-13/h6-8,10-11,22H,3-5,9H2,1-2H3. The molecule has 2 aliphatic heterocycles. The molecule has 5 nitrogen and oxygen atoms in total. The van der Waals surface area contributed by atoms with E-state index in [0.717, 1.165) is 19.4 Å². The second-order valence-corrected chi connectivity index (χ2v) is 6.55. The quantitative estimate of drug-likeness (QED) is 0.868. The Balaban J connectivity index is 1.98. The maximum Gasteiger partial charge on any atom is 0.256 e. The van der Waals surface area contributed by atoms with Crippen LogP contribution < -0.4 is 9.47 Å². The zero-order chi connectivity index (χ0) is 15.7. The van der Waals surface area contributed by atoms with Crippen molar-refractivity contribution in [3.63, 3.8) is 0 Å². The Labute approximate surface area is 135 Å². The van der Waals surface area contributed by atoms with E-state index in [-0.39, 0.29) is 17.2 Å². The molecule has 0 aromatic heterocycles. The van der Waals surface area contributed by atoms with E-state index in [1.807, 2.05) is 18.0 Å². The van der Waals surface area contributed by atoms with E-state index < -0.39 is 0 Å². The van der Waals surface area contributed by atoms with E-state index >= 15 is 0 Å². The summed E-state index contributed by atoms with van der Waals surface area (Å²) in [6.45, 7) is 3.20. The molecule has 1 aromatic rings. The second kappa shape index (κ2) is 6.20. The van der Waals surface area contributed by atoms with Crippen LogP contribution in [0.5, 0.6) is 11.5 Å². The lowest BCUT2D eigenvalue weighted by Gasteiger charge is -2.20. The van der Waals surface area contributed by atoms with Crippen LogP contribution in [0.1, 0.15) is 30.1 Å². The molecule has 2 unspecified atom stereocenters. The molecule has 1 amide bonds. The van der Waals surface area contributed by atoms with Crippen LogP contribution in [0, 0.1) is 0 Å². The van der Waals surface area contributed by atoms with E-state index in [9.17, 15) is 4.79 Å². The van der Waals surface area contributed by atoms with Gasteiger partial charge in [-0.3, -0.25) is 9.79 Å². The zero-order valence-corrected chi connectivity index (χ0v) is 13.7. The maximum atomic E-state index is 12.7. The van der Waals surface area contributed by atoms with Crippen LogP contribution >= 0.6 is 12.6 Å². The number of hydrogen-bond donors (Lipinski definition) is 1. The molecule has 2 atom stereocenters. The molecule has 2 heterocycles. The summed E-state index contributed by atoms with van der Waals surface area (Å²) in [4.78, 5) is 19.1. The van der Waals surface area contributed by atoms with Gasteiger partial charge in [0.1, 0.15) is 0 Å². The van der Waals surface area contributed by atoms with Gasteiger partial charge in [-0.2, -0.15) is 12.6 Å². The lowest BCUT2D eigenvalue weighted by molar-refractivity contribution is 0.0774. The monoisotopic (exact) mass is 320 g/mol. The summed E-state index contributed by atoms with van der Waals surface area (Å²) in [7, 11) is 1.57. The average Bonchev–Trinajstić information content (AvgIpc) is 2.93. The molecule has 22 heavy (non-hydrogen) atoms. The highest BCUT2D eigenvalue weighted by Crippen LogP contribution is 2.38. The summed E-state index contributed by atoms with van der Waals surface area (Å²) in [5.74, 6) is 1.16. The van der Waals surface area contributed by atoms with Gasteiger partial charge in [-0.1, -0.05) is 6.92 Å². The van der Waals surface area contributed by atoms with E-state index in [2.05, 4.69) is 17.6 Å². The molecule has 0 saturated carbocycles. The van der Waals surface area contributed by atoms with E-state index in [4.69, 9.17) is 9.47 Å². The minimum atomic E-state index is 0.0161. The van der Waals surface area contributed by atoms with Crippen molar-refractivity contribution < 1.29 is 14.3 Å². The van der Waals surface area contributed by atoms with Crippen molar-refractivity contribution in [2.75, 3.05) is 20.3 Å². The molecule has 0 aliphatic carbocycles. The normalized spacial score (nSPS) is 21.1. The zero-order valence-electron chi connectivity index (χ0n) is 12.8. The number of nitrogens with zero attached hydrogens (tertiary/aromatic N) is 2. The first-order valence-corrected chi connectivity index (χ1v) is 8.00. The number of benzene rings is 1. The molecule has 1 fully saturated rings. The minimum Gasteiger partial charge on any atom is -0.493 e. The van der Waals surface area contributed by atoms with Crippen LogP contribution in [0.2, 0.25) is 0 Å². The van der Waals surface area contributed by atoms with Gasteiger partial charge in [0, 0.05) is 24.1 Å². The van der Waals surface area contributed by atoms with Crippen LogP contribution in [0.25, 0.3) is 0 Å². The van der Waals surface area contributed by atoms with E-state index in [1.165, 1.54) is 0 Å². The molecule has 3 rings (SSSR count). The van der Waals surface area contributed by atoms with Crippen LogP contribution in [0.3, 0.4) is 0 Å². The Morgan fingerprint density at radius 3 is 3.00 bits per heavy atom. The number of methoxy groups -OCH3 is 1. The minimum absolute atomic E-state index is 0.0161. The smallest absolute Gasteiger partial charge is 0.256 e. The SMILES string of the molecule is COc1cc2c(cc1OCC(C)S)N=CC1CCCN1C2=O. The topological polar surface area (TPSA) is 51.1 Å². The van der Waals surface area contributed by atoms with Crippen molar-refractivity contribution in [1.82, 2.24) is 4.90 Å². The van der Waals surface area contributed by atoms with Crippen molar-refractivity contribution in [2.45, 2.75) is 31.1 Å². The van der Waals surface area contributed by atoms with Gasteiger partial charge in [0.2, 0.25) is 0 Å². The second-order valence-electron chi connectivity index (χ2n) is 5.67. The first-order valence-electron chi connectivity index (χ1n) is 7.48. The Kier molecular flexibility index (Phi) is 4.29. The summed E-state index contributed by atoms with van der Waals surface area (Å²) < 4.78 is 11.1. The number of hydrogen-bond acceptors (Lipinski definition) is 5. The van der Waals surface area contributed by atoms with Gasteiger partial charge >= 0.3 is 0 Å². The molecule has 0 radical (unpaired) electrons. The Hall–Kier alpha value is -1.69. The fourth-order valence-corrected chi connectivity index (χ4v) is 2.91. The predicted molar refractivity (Wildman–Crippen MR) is 89.1 cm³/mol. The molecular weight excluding hydrogens is 300 g/mol. The fraction of sp³-hybridized carbons (Fsp3) is 0.500. The number of amides is 1. The summed E-state index contributed by atoms with van der Waals surface area (Å²) >= 11 is 4.31. The van der Waals surface area contributed by atoms with Crippen LogP contribution in [-0.4, -0.2) is 48.6 Å². The Bertz CT molecular complexity index is 616. The van der Waals surface area contributed by atoms with Gasteiger partial charge in [0.05, 0.1) is 31.0 Å². The molecule has 2 aliphatic rings. The molecule has 0 spiro atoms. The van der Waals surface area contributed by atoms with Gasteiger partial charge in [0.15, 0.2) is 11.5 Å². The largest absolute Gasteiger partial charge is 0.493 e. The number of carbonyl (C=O) groups is 1. The van der Waals surface area contributed by atoms with Crippen molar-refractivity contribution in [2.24, 2.45) is 4.99 Å². The third kappa shape index (κ3) is 2.79. The summed E-state index contributed by atoms with van der Waals surface area (Å²) in [5, 5.41) is 0.110. The highest BCUT2D eigenvalue weighted by molar-refractivity contribution is 7.80. The molecule has 0 bridgehead atoms. The number of ether oxygens (including phenoxy) is 2. The van der Waals surface area contributed by atoms with Crippen molar-refractivity contribution >= 4 is 30.4 Å². The van der Waals surface area contributed by atoms with Crippen LogP contribution in [-0.2, 0) is 0 Å². The predicted octanol–water partition coefficient (Wildman–Crippen LogP) is 2.71. The number of carbonyl (C=O) groups excluding carboxylic acids is 1. The van der Waals surface area contributed by atoms with Gasteiger partial charge in [-0.15, -0.1) is 0 Å². The van der Waals surface area contributed by atoms with Gasteiger partial charge in [-0.25, -0.2) is 0 Å². The molecule has 1 saturated heterocycles. The highest BCUT2D eigenvalue weighted by atomic mass is 32.1. The fourth-order valence-electron chi connectivity index (χ4n) is 2.83. The van der Waals surface area contributed by atoms with Crippen molar-refractivity contribution in [1.29, 1.82) is 0 Å². The first-order chi connectivity index (χ1) is 10.6. The van der Waals surface area contributed by atoms with Gasteiger partial charge in [0.25, 0.3) is 5.91 Å². The summed E-state index contributed by atoms with van der Waals surface area (Å²) in [6, 6.07) is 3.61. The molecular formula is C16H20N2O3S. The molecule has 1 aromatic carbocycles. The molecule has 0 N–H and O–H groups in total. The number of aliphatic imine (C=N–C) groups is 1. The average molecular weight is 320 g/mol. The summed E-state index contributed by atoms with van der Waals surface area (Å²) in [6.07, 6.45) is 3.87. The lowest BCUT2D eigenvalue weighted by Crippen LogP contribution is -2.35. The third-order valence-electron chi connectivity index (χ3n) is 3.94. The Morgan fingerprint density at radius 1 is 1.45 bits per heavy atom. The van der Waals surface area contributed by atoms with E-state index in [1.54, 1.807) is 19.2 Å². The summed E-state index contributed by atoms with van der Waals surface area (Å²) in [5.41, 5.74) is 1.21. The third-order valence-corrected chi connectivity index (χ3v) is 4.09. The number of fused-ring (bicyclic) bond motifs is 2. The van der Waals surface area contributed by atoms with Gasteiger partial charge in [-0.05, 0) is 18.9 Å². The highest BCUT2D eigenvalue weighted by Gasteiger charge is 2.32. The van der Waals surface area contributed by atoms with Crippen molar-refractivity contribution in [3.8, 4) is 11.5 Å². The molecule has 118 valence electrons. The van der Waals surface area contributed by atoms with Crippen LogP contribution in [0.4, 0.5) is 5.69 Å². The number of thiol groups is 1. The Morgan fingerprint density at radius 2 is 2.27 bits per heavy atom. The van der Waals surface area contributed by atoms with E-state index in [0.29, 0.717) is 29.4 Å².